The Balaban J connectivity index is 2.37. The van der Waals surface area contributed by atoms with Crippen molar-refractivity contribution in [1.29, 1.82) is 0 Å². The van der Waals surface area contributed by atoms with Crippen molar-refractivity contribution in [2.24, 2.45) is 0 Å². The Kier molecular flexibility index (Phi) is 4.28. The van der Waals surface area contributed by atoms with Gasteiger partial charge in [-0.3, -0.25) is 0 Å². The van der Waals surface area contributed by atoms with Gasteiger partial charge in [-0.15, -0.1) is 0 Å². The quantitative estimate of drug-likeness (QED) is 0.810. The lowest BCUT2D eigenvalue weighted by Gasteiger charge is -2.13. The molecule has 0 bridgehead atoms. The molecule has 1 N–H and O–H groups in total. The van der Waals surface area contributed by atoms with Crippen molar-refractivity contribution in [2.45, 2.75) is 6.10 Å². The third-order valence-corrected chi connectivity index (χ3v) is 3.87. The number of aliphatic hydroxyl groups is 1. The van der Waals surface area contributed by atoms with Crippen LogP contribution in [-0.4, -0.2) is 5.11 Å². The van der Waals surface area contributed by atoms with E-state index in [9.17, 15) is 9.50 Å². The fourth-order valence-corrected chi connectivity index (χ4v) is 2.26. The maximum Gasteiger partial charge on any atom is 0.137 e. The summed E-state index contributed by atoms with van der Waals surface area (Å²) in [6.45, 7) is 0. The van der Waals surface area contributed by atoms with Gasteiger partial charge in [-0.25, -0.2) is 4.39 Å². The highest BCUT2D eigenvalue weighted by Gasteiger charge is 2.13. The Morgan fingerprint density at radius 2 is 1.61 bits per heavy atom. The van der Waals surface area contributed by atoms with Gasteiger partial charge in [0.15, 0.2) is 0 Å². The average Bonchev–Trinajstić information content (AvgIpc) is 2.35. The number of halogens is 4. The molecule has 0 aromatic heterocycles. The van der Waals surface area contributed by atoms with Crippen LogP contribution in [0.15, 0.2) is 40.9 Å². The second-order valence-electron chi connectivity index (χ2n) is 3.75. The predicted molar refractivity (Wildman–Crippen MR) is 74.6 cm³/mol. The summed E-state index contributed by atoms with van der Waals surface area (Å²) in [6, 6.07) is 9.22. The van der Waals surface area contributed by atoms with Crippen LogP contribution in [0.1, 0.15) is 17.2 Å². The van der Waals surface area contributed by atoms with Crippen molar-refractivity contribution in [1.82, 2.24) is 0 Å². The standard InChI is InChI=1S/C13H8BrCl2FO/c14-9-5-7(2-4-12(9)17)13(18)8-1-3-10(15)11(16)6-8/h1-6,13,18H. The first kappa shape index (κ1) is 13.8. The van der Waals surface area contributed by atoms with Crippen LogP contribution in [0.3, 0.4) is 0 Å². The van der Waals surface area contributed by atoms with E-state index in [-0.39, 0.29) is 5.82 Å². The van der Waals surface area contributed by atoms with E-state index >= 15 is 0 Å². The van der Waals surface area contributed by atoms with Gasteiger partial charge < -0.3 is 5.11 Å². The largest absolute Gasteiger partial charge is 0.384 e. The topological polar surface area (TPSA) is 20.2 Å². The minimum atomic E-state index is -0.878. The molecule has 2 aromatic rings. The summed E-state index contributed by atoms with van der Waals surface area (Å²) in [4.78, 5) is 0. The Labute approximate surface area is 122 Å². The molecule has 0 amide bonds. The molecule has 94 valence electrons. The van der Waals surface area contributed by atoms with Crippen molar-refractivity contribution >= 4 is 39.1 Å². The van der Waals surface area contributed by atoms with Gasteiger partial charge in [-0.05, 0) is 51.3 Å². The summed E-state index contributed by atoms with van der Waals surface area (Å²) >= 11 is 14.8. The van der Waals surface area contributed by atoms with Crippen LogP contribution >= 0.6 is 39.1 Å². The van der Waals surface area contributed by atoms with Gasteiger partial charge in [-0.1, -0.05) is 35.3 Å². The van der Waals surface area contributed by atoms with Gasteiger partial charge in [0, 0.05) is 0 Å². The zero-order valence-electron chi connectivity index (χ0n) is 9.00. The van der Waals surface area contributed by atoms with Crippen LogP contribution in [0.5, 0.6) is 0 Å². The molecular formula is C13H8BrCl2FO. The normalized spacial score (nSPS) is 12.5. The molecule has 0 radical (unpaired) electrons. The highest BCUT2D eigenvalue weighted by Crippen LogP contribution is 2.30. The van der Waals surface area contributed by atoms with Crippen LogP contribution in [0, 0.1) is 5.82 Å². The summed E-state index contributed by atoms with van der Waals surface area (Å²) < 4.78 is 13.4. The predicted octanol–water partition coefficient (Wildman–Crippen LogP) is 4.98. The first-order chi connectivity index (χ1) is 8.49. The monoisotopic (exact) mass is 348 g/mol. The Morgan fingerprint density at radius 3 is 2.22 bits per heavy atom. The molecule has 0 aliphatic rings. The molecule has 0 saturated heterocycles. The minimum absolute atomic E-state index is 0.305. The van der Waals surface area contributed by atoms with E-state index < -0.39 is 6.10 Å². The molecule has 1 nitrogen and oxygen atoms in total. The van der Waals surface area contributed by atoms with Gasteiger partial charge in [-0.2, -0.15) is 0 Å². The molecule has 1 unspecified atom stereocenters. The molecule has 2 aromatic carbocycles. The third-order valence-electron chi connectivity index (χ3n) is 2.52. The van der Waals surface area contributed by atoms with Crippen molar-refractivity contribution in [3.63, 3.8) is 0 Å². The molecule has 0 spiro atoms. The SMILES string of the molecule is OC(c1ccc(Cl)c(Cl)c1)c1ccc(F)c(Br)c1. The lowest BCUT2D eigenvalue weighted by atomic mass is 10.0. The lowest BCUT2D eigenvalue weighted by molar-refractivity contribution is 0.220. The Morgan fingerprint density at radius 1 is 1.00 bits per heavy atom. The molecule has 0 saturated carbocycles. The van der Waals surface area contributed by atoms with Crippen molar-refractivity contribution in [3.8, 4) is 0 Å². The fourth-order valence-electron chi connectivity index (χ4n) is 1.56. The molecule has 0 fully saturated rings. The summed E-state index contributed by atoms with van der Waals surface area (Å²) in [6.07, 6.45) is -0.878. The van der Waals surface area contributed by atoms with E-state index in [2.05, 4.69) is 15.9 Å². The van der Waals surface area contributed by atoms with Crippen LogP contribution in [0.4, 0.5) is 4.39 Å². The number of hydrogen-bond donors (Lipinski definition) is 1. The Bertz CT molecular complexity index is 538. The summed E-state index contributed by atoms with van der Waals surface area (Å²) in [5.74, 6) is -0.375. The van der Waals surface area contributed by atoms with Gasteiger partial charge in [0.25, 0.3) is 0 Å². The van der Waals surface area contributed by atoms with Crippen LogP contribution in [-0.2, 0) is 0 Å². The summed E-state index contributed by atoms with van der Waals surface area (Å²) in [5, 5.41) is 11.0. The molecule has 0 aliphatic heterocycles. The second-order valence-corrected chi connectivity index (χ2v) is 5.42. The van der Waals surface area contributed by atoms with E-state index in [1.165, 1.54) is 18.2 Å². The Hall–Kier alpha value is -0.610. The van der Waals surface area contributed by atoms with E-state index in [0.717, 1.165) is 0 Å². The van der Waals surface area contributed by atoms with Crippen LogP contribution in [0.25, 0.3) is 0 Å². The van der Waals surface area contributed by atoms with Gasteiger partial charge in [0.2, 0.25) is 0 Å². The van der Waals surface area contributed by atoms with Crippen molar-refractivity contribution in [3.05, 3.63) is 67.9 Å². The number of aliphatic hydroxyl groups excluding tert-OH is 1. The third kappa shape index (κ3) is 2.86. The molecule has 0 aliphatic carbocycles. The number of benzene rings is 2. The maximum atomic E-state index is 13.1. The van der Waals surface area contributed by atoms with E-state index in [4.69, 9.17) is 23.2 Å². The summed E-state index contributed by atoms with van der Waals surface area (Å²) in [7, 11) is 0. The minimum Gasteiger partial charge on any atom is -0.384 e. The van der Waals surface area contributed by atoms with Crippen LogP contribution < -0.4 is 0 Å². The second kappa shape index (κ2) is 5.57. The molecule has 5 heteroatoms. The fraction of sp³-hybridized carbons (Fsp3) is 0.0769. The number of rotatable bonds is 2. The molecular weight excluding hydrogens is 342 g/mol. The van der Waals surface area contributed by atoms with Gasteiger partial charge >= 0.3 is 0 Å². The van der Waals surface area contributed by atoms with E-state index in [1.807, 2.05) is 0 Å². The zero-order valence-corrected chi connectivity index (χ0v) is 12.1. The first-order valence-electron chi connectivity index (χ1n) is 5.07. The van der Waals surface area contributed by atoms with Gasteiger partial charge in [0.1, 0.15) is 11.9 Å². The van der Waals surface area contributed by atoms with E-state index in [1.54, 1.807) is 18.2 Å². The highest BCUT2D eigenvalue weighted by atomic mass is 79.9. The molecule has 0 heterocycles. The summed E-state index contributed by atoms with van der Waals surface area (Å²) in [5.41, 5.74) is 1.17. The molecule has 2 rings (SSSR count). The maximum absolute atomic E-state index is 13.1. The molecule has 18 heavy (non-hydrogen) atoms. The average molecular weight is 350 g/mol. The van der Waals surface area contributed by atoms with E-state index in [0.29, 0.717) is 25.6 Å². The smallest absolute Gasteiger partial charge is 0.137 e. The highest BCUT2D eigenvalue weighted by molar-refractivity contribution is 9.10. The van der Waals surface area contributed by atoms with Crippen LogP contribution in [0.2, 0.25) is 10.0 Å². The first-order valence-corrected chi connectivity index (χ1v) is 6.62. The molecule has 1 atom stereocenters. The zero-order chi connectivity index (χ0) is 13.3. The van der Waals surface area contributed by atoms with Gasteiger partial charge in [0.05, 0.1) is 14.5 Å². The lowest BCUT2D eigenvalue weighted by Crippen LogP contribution is -2.00. The number of hydrogen-bond acceptors (Lipinski definition) is 1. The van der Waals surface area contributed by atoms with Crippen molar-refractivity contribution in [2.75, 3.05) is 0 Å². The van der Waals surface area contributed by atoms with Crippen molar-refractivity contribution < 1.29 is 9.50 Å².